The number of pyridine rings is 1. The van der Waals surface area contributed by atoms with E-state index < -0.39 is 6.04 Å². The number of ether oxygens (including phenoxy) is 1. The molecule has 1 atom stereocenters. The van der Waals surface area contributed by atoms with E-state index in [1.807, 2.05) is 48.4 Å². The van der Waals surface area contributed by atoms with Crippen molar-refractivity contribution in [3.63, 3.8) is 0 Å². The SMILES string of the molecule is COCCn1c(C)cc(O)c([C@H](c2ccc(SC)cc2)N2CCN(c3ccccc3F)CC2)c1=O. The molecule has 0 spiro atoms. The standard InChI is InChI=1S/C27H32FN3O3S/c1-19-18-24(32)25(27(33)31(19)16-17-34-2)26(20-8-10-21(35-3)11-9-20)30-14-12-29(13-15-30)23-7-5-4-6-22(23)28/h4-11,18,26,32H,12-17H2,1-3H3/t26-/m0/s1. The molecule has 1 aliphatic heterocycles. The van der Waals surface area contributed by atoms with Crippen LogP contribution in [0.3, 0.4) is 0 Å². The van der Waals surface area contributed by atoms with E-state index in [2.05, 4.69) is 4.90 Å². The predicted octanol–water partition coefficient (Wildman–Crippen LogP) is 4.28. The second-order valence-electron chi connectivity index (χ2n) is 8.68. The number of aromatic hydroxyl groups is 1. The van der Waals surface area contributed by atoms with Crippen LogP contribution >= 0.6 is 11.8 Å². The second-order valence-corrected chi connectivity index (χ2v) is 9.56. The van der Waals surface area contributed by atoms with Crippen LogP contribution in [0.15, 0.2) is 64.3 Å². The Morgan fingerprint density at radius 3 is 2.40 bits per heavy atom. The Balaban J connectivity index is 1.72. The fourth-order valence-electron chi connectivity index (χ4n) is 4.76. The normalized spacial score (nSPS) is 15.4. The van der Waals surface area contributed by atoms with Crippen LogP contribution in [0, 0.1) is 12.7 Å². The van der Waals surface area contributed by atoms with Crippen molar-refractivity contribution < 1.29 is 14.2 Å². The summed E-state index contributed by atoms with van der Waals surface area (Å²) < 4.78 is 21.2. The Labute approximate surface area is 209 Å². The second kappa shape index (κ2) is 11.3. The molecule has 0 radical (unpaired) electrons. The first-order valence-corrected chi connectivity index (χ1v) is 13.0. The van der Waals surface area contributed by atoms with E-state index in [1.54, 1.807) is 41.6 Å². The predicted molar refractivity (Wildman–Crippen MR) is 139 cm³/mol. The Bertz CT molecular complexity index is 1210. The summed E-state index contributed by atoms with van der Waals surface area (Å²) in [6.45, 7) is 5.10. The Morgan fingerprint density at radius 1 is 1.09 bits per heavy atom. The highest BCUT2D eigenvalue weighted by Gasteiger charge is 2.32. The van der Waals surface area contributed by atoms with Crippen LogP contribution in [-0.4, -0.2) is 60.7 Å². The van der Waals surface area contributed by atoms with Gasteiger partial charge in [-0.1, -0.05) is 24.3 Å². The highest BCUT2D eigenvalue weighted by Crippen LogP contribution is 2.34. The van der Waals surface area contributed by atoms with Crippen molar-refractivity contribution in [2.24, 2.45) is 0 Å². The van der Waals surface area contributed by atoms with Gasteiger partial charge in [0, 0.05) is 50.4 Å². The highest BCUT2D eigenvalue weighted by molar-refractivity contribution is 7.98. The van der Waals surface area contributed by atoms with Crippen molar-refractivity contribution in [1.29, 1.82) is 0 Å². The quantitative estimate of drug-likeness (QED) is 0.469. The first-order chi connectivity index (χ1) is 16.9. The van der Waals surface area contributed by atoms with Crippen LogP contribution in [0.25, 0.3) is 0 Å². The maximum Gasteiger partial charge on any atom is 0.259 e. The number of aryl methyl sites for hydroxylation is 1. The van der Waals surface area contributed by atoms with Crippen molar-refractivity contribution in [2.75, 3.05) is 51.1 Å². The smallest absolute Gasteiger partial charge is 0.259 e. The summed E-state index contributed by atoms with van der Waals surface area (Å²) in [6, 6.07) is 16.2. The third-order valence-corrected chi connectivity index (χ3v) is 7.36. The maximum atomic E-state index is 14.4. The zero-order valence-electron chi connectivity index (χ0n) is 20.4. The molecular formula is C27H32FN3O3S. The lowest BCUT2D eigenvalue weighted by atomic mass is 9.96. The molecule has 8 heteroatoms. The molecule has 0 amide bonds. The van der Waals surface area contributed by atoms with E-state index in [-0.39, 0.29) is 17.1 Å². The molecule has 0 aliphatic carbocycles. The molecule has 1 fully saturated rings. The number of piperazine rings is 1. The van der Waals surface area contributed by atoms with Gasteiger partial charge < -0.3 is 19.3 Å². The summed E-state index contributed by atoms with van der Waals surface area (Å²) in [5.41, 5.74) is 2.37. The molecule has 3 aromatic rings. The van der Waals surface area contributed by atoms with E-state index in [1.165, 1.54) is 6.07 Å². The number of methoxy groups -OCH3 is 1. The lowest BCUT2D eigenvalue weighted by molar-refractivity contribution is 0.183. The Kier molecular flexibility index (Phi) is 8.15. The molecule has 2 heterocycles. The van der Waals surface area contributed by atoms with E-state index >= 15 is 0 Å². The van der Waals surface area contributed by atoms with Crippen LogP contribution in [0.5, 0.6) is 5.75 Å². The number of para-hydroxylation sites is 1. The number of halogens is 1. The molecule has 0 saturated carbocycles. The number of aromatic nitrogens is 1. The van der Waals surface area contributed by atoms with Crippen LogP contribution in [0.1, 0.15) is 22.9 Å². The van der Waals surface area contributed by atoms with Gasteiger partial charge in [-0.3, -0.25) is 9.69 Å². The average molecular weight is 498 g/mol. The number of anilines is 1. The van der Waals surface area contributed by atoms with Crippen LogP contribution in [-0.2, 0) is 11.3 Å². The average Bonchev–Trinajstić information content (AvgIpc) is 2.87. The van der Waals surface area contributed by atoms with Gasteiger partial charge >= 0.3 is 0 Å². The van der Waals surface area contributed by atoms with Crippen molar-refractivity contribution in [3.05, 3.63) is 87.6 Å². The van der Waals surface area contributed by atoms with Gasteiger partial charge in [0.05, 0.1) is 23.9 Å². The summed E-state index contributed by atoms with van der Waals surface area (Å²) in [5.74, 6) is -0.237. The molecule has 0 unspecified atom stereocenters. The number of rotatable bonds is 8. The Hall–Kier alpha value is -2.81. The first-order valence-electron chi connectivity index (χ1n) is 11.7. The van der Waals surface area contributed by atoms with Gasteiger partial charge in [-0.15, -0.1) is 11.8 Å². The molecule has 186 valence electrons. The van der Waals surface area contributed by atoms with Crippen LogP contribution in [0.4, 0.5) is 10.1 Å². The lowest BCUT2D eigenvalue weighted by Crippen LogP contribution is -2.49. The number of thioether (sulfide) groups is 1. The summed E-state index contributed by atoms with van der Waals surface area (Å²) in [6.07, 6.45) is 2.02. The summed E-state index contributed by atoms with van der Waals surface area (Å²) in [7, 11) is 1.60. The number of nitrogens with zero attached hydrogens (tertiary/aromatic N) is 3. The minimum absolute atomic E-state index is 0.00311. The Morgan fingerprint density at radius 2 is 1.77 bits per heavy atom. The van der Waals surface area contributed by atoms with E-state index in [0.29, 0.717) is 56.3 Å². The van der Waals surface area contributed by atoms with Crippen LogP contribution < -0.4 is 10.5 Å². The lowest BCUT2D eigenvalue weighted by Gasteiger charge is -2.40. The largest absolute Gasteiger partial charge is 0.507 e. The van der Waals surface area contributed by atoms with Gasteiger partial charge in [0.1, 0.15) is 11.6 Å². The summed E-state index contributed by atoms with van der Waals surface area (Å²) >= 11 is 1.65. The van der Waals surface area contributed by atoms with Crippen LogP contribution in [0.2, 0.25) is 0 Å². The minimum atomic E-state index is -0.421. The van der Waals surface area contributed by atoms with Crippen molar-refractivity contribution in [2.45, 2.75) is 24.4 Å². The van der Waals surface area contributed by atoms with Crippen molar-refractivity contribution >= 4 is 17.4 Å². The van der Waals surface area contributed by atoms with E-state index in [4.69, 9.17) is 4.74 Å². The van der Waals surface area contributed by atoms with Crippen molar-refractivity contribution in [3.8, 4) is 5.75 Å². The molecule has 1 saturated heterocycles. The third kappa shape index (κ3) is 5.39. The van der Waals surface area contributed by atoms with Gasteiger partial charge in [0.15, 0.2) is 0 Å². The van der Waals surface area contributed by atoms with E-state index in [9.17, 15) is 14.3 Å². The van der Waals surface area contributed by atoms with Gasteiger partial charge in [0.25, 0.3) is 5.56 Å². The fourth-order valence-corrected chi connectivity index (χ4v) is 5.17. The molecule has 6 nitrogen and oxygen atoms in total. The monoisotopic (exact) mass is 497 g/mol. The van der Waals surface area contributed by atoms with Gasteiger partial charge in [-0.25, -0.2) is 4.39 Å². The zero-order chi connectivity index (χ0) is 24.9. The van der Waals surface area contributed by atoms with Gasteiger partial charge in [-0.2, -0.15) is 0 Å². The van der Waals surface area contributed by atoms with E-state index in [0.717, 1.165) is 10.5 Å². The molecule has 4 rings (SSSR count). The minimum Gasteiger partial charge on any atom is -0.507 e. The first kappa shape index (κ1) is 25.3. The number of hydrogen-bond acceptors (Lipinski definition) is 6. The maximum absolute atomic E-state index is 14.4. The number of hydrogen-bond donors (Lipinski definition) is 1. The zero-order valence-corrected chi connectivity index (χ0v) is 21.2. The summed E-state index contributed by atoms with van der Waals surface area (Å²) in [4.78, 5) is 19.1. The topological polar surface area (TPSA) is 57.9 Å². The van der Waals surface area contributed by atoms with Gasteiger partial charge in [-0.05, 0) is 49.1 Å². The summed E-state index contributed by atoms with van der Waals surface area (Å²) in [5, 5.41) is 11.0. The third-order valence-electron chi connectivity index (χ3n) is 6.62. The fraction of sp³-hybridized carbons (Fsp3) is 0.370. The highest BCUT2D eigenvalue weighted by atomic mass is 32.2. The van der Waals surface area contributed by atoms with Crippen molar-refractivity contribution in [1.82, 2.24) is 9.47 Å². The molecule has 1 N–H and O–H groups in total. The number of benzene rings is 2. The molecule has 1 aliphatic rings. The molecule has 0 bridgehead atoms. The molecule has 2 aromatic carbocycles. The molecule has 35 heavy (non-hydrogen) atoms. The molecular weight excluding hydrogens is 465 g/mol. The molecule has 1 aromatic heterocycles. The van der Waals surface area contributed by atoms with Gasteiger partial charge in [0.2, 0.25) is 0 Å².